The summed E-state index contributed by atoms with van der Waals surface area (Å²) in [6.07, 6.45) is 5.75. The van der Waals surface area contributed by atoms with Crippen molar-refractivity contribution in [3.05, 3.63) is 72.2 Å². The lowest BCUT2D eigenvalue weighted by molar-refractivity contribution is -0.133. The molecule has 4 rings (SSSR count). The van der Waals surface area contributed by atoms with Gasteiger partial charge < -0.3 is 10.2 Å². The average molecular weight is 405 g/mol. The molecule has 0 radical (unpaired) electrons. The van der Waals surface area contributed by atoms with Gasteiger partial charge in [-0.2, -0.15) is 0 Å². The van der Waals surface area contributed by atoms with Gasteiger partial charge in [-0.05, 0) is 23.3 Å². The summed E-state index contributed by atoms with van der Waals surface area (Å²) < 4.78 is 0. The van der Waals surface area contributed by atoms with Gasteiger partial charge in [0.05, 0.1) is 18.0 Å². The molecule has 2 aromatic heterocycles. The third-order valence-electron chi connectivity index (χ3n) is 4.69. The lowest BCUT2D eigenvalue weighted by atomic mass is 10.0. The summed E-state index contributed by atoms with van der Waals surface area (Å²) in [7, 11) is 0. The minimum absolute atomic E-state index is 0. The molecule has 0 spiro atoms. The number of para-hydroxylation sites is 1. The van der Waals surface area contributed by atoms with E-state index in [2.05, 4.69) is 15.3 Å². The quantitative estimate of drug-likeness (QED) is 0.727. The summed E-state index contributed by atoms with van der Waals surface area (Å²) in [5, 5.41) is 4.44. The second-order valence-electron chi connectivity index (χ2n) is 6.26. The molecule has 0 bridgehead atoms. The molecule has 1 unspecified atom stereocenters. The number of carbonyl (C=O) groups excluding carboxylic acids is 1. The molecule has 0 saturated carbocycles. The topological polar surface area (TPSA) is 58.1 Å². The summed E-state index contributed by atoms with van der Waals surface area (Å²) >= 11 is 0. The van der Waals surface area contributed by atoms with E-state index in [0.29, 0.717) is 13.0 Å². The highest BCUT2D eigenvalue weighted by Gasteiger charge is 2.28. The second-order valence-corrected chi connectivity index (χ2v) is 6.26. The van der Waals surface area contributed by atoms with Crippen molar-refractivity contribution >= 4 is 41.6 Å². The molecule has 5 nitrogen and oxygen atoms in total. The van der Waals surface area contributed by atoms with Crippen LogP contribution in [0.1, 0.15) is 17.2 Å². The number of amides is 1. The minimum atomic E-state index is 0. The first-order valence-corrected chi connectivity index (χ1v) is 8.55. The Hall–Kier alpha value is -2.21. The van der Waals surface area contributed by atoms with Gasteiger partial charge in [-0.1, -0.05) is 30.3 Å². The van der Waals surface area contributed by atoms with Crippen molar-refractivity contribution in [2.75, 3.05) is 19.6 Å². The molecular formula is C20H22Cl2N4O. The van der Waals surface area contributed by atoms with Gasteiger partial charge in [-0.25, -0.2) is 0 Å². The van der Waals surface area contributed by atoms with Gasteiger partial charge in [0.25, 0.3) is 0 Å². The van der Waals surface area contributed by atoms with Gasteiger partial charge in [0.2, 0.25) is 5.91 Å². The maximum absolute atomic E-state index is 13.0. The molecule has 1 aliphatic rings. The van der Waals surface area contributed by atoms with Crippen molar-refractivity contribution < 1.29 is 4.79 Å². The molecule has 7 heteroatoms. The summed E-state index contributed by atoms with van der Waals surface area (Å²) in [4.78, 5) is 23.7. The lowest BCUT2D eigenvalue weighted by Gasteiger charge is -2.36. The average Bonchev–Trinajstić information content (AvgIpc) is 2.69. The Morgan fingerprint density at radius 3 is 2.74 bits per heavy atom. The summed E-state index contributed by atoms with van der Waals surface area (Å²) in [5.74, 6) is 0.133. The van der Waals surface area contributed by atoms with E-state index in [9.17, 15) is 4.79 Å². The number of piperazine rings is 1. The van der Waals surface area contributed by atoms with Gasteiger partial charge in [0.15, 0.2) is 0 Å². The Morgan fingerprint density at radius 2 is 1.93 bits per heavy atom. The number of halogens is 2. The fourth-order valence-electron chi connectivity index (χ4n) is 3.45. The van der Waals surface area contributed by atoms with Crippen molar-refractivity contribution in [2.24, 2.45) is 0 Å². The smallest absolute Gasteiger partial charge is 0.227 e. The first-order valence-electron chi connectivity index (χ1n) is 8.55. The van der Waals surface area contributed by atoms with Crippen LogP contribution in [0.3, 0.4) is 0 Å². The number of carbonyl (C=O) groups is 1. The first-order chi connectivity index (χ1) is 12.3. The Morgan fingerprint density at radius 1 is 1.11 bits per heavy atom. The molecule has 1 N–H and O–H groups in total. The normalized spacial score (nSPS) is 16.3. The van der Waals surface area contributed by atoms with Gasteiger partial charge >= 0.3 is 0 Å². The zero-order chi connectivity index (χ0) is 17.1. The van der Waals surface area contributed by atoms with E-state index < -0.39 is 0 Å². The molecule has 3 aromatic rings. The van der Waals surface area contributed by atoms with Crippen molar-refractivity contribution in [3.8, 4) is 0 Å². The Labute approximate surface area is 171 Å². The van der Waals surface area contributed by atoms with E-state index in [4.69, 9.17) is 0 Å². The number of fused-ring (bicyclic) bond motifs is 1. The predicted molar refractivity (Wildman–Crippen MR) is 112 cm³/mol. The van der Waals surface area contributed by atoms with Crippen molar-refractivity contribution in [3.63, 3.8) is 0 Å². The number of hydrogen-bond acceptors (Lipinski definition) is 4. The van der Waals surface area contributed by atoms with Gasteiger partial charge in [0.1, 0.15) is 0 Å². The Kier molecular flexibility index (Phi) is 7.54. The summed E-state index contributed by atoms with van der Waals surface area (Å²) in [5.41, 5.74) is 2.96. The Bertz CT molecular complexity index is 886. The number of aromatic nitrogens is 2. The van der Waals surface area contributed by atoms with Crippen LogP contribution in [0.5, 0.6) is 0 Å². The zero-order valence-electron chi connectivity index (χ0n) is 14.7. The molecule has 1 atom stereocenters. The molecule has 0 aliphatic carbocycles. The molecule has 3 heterocycles. The van der Waals surface area contributed by atoms with Crippen LogP contribution in [0, 0.1) is 0 Å². The van der Waals surface area contributed by atoms with Crippen molar-refractivity contribution in [2.45, 2.75) is 12.5 Å². The molecule has 142 valence electrons. The molecule has 1 amide bonds. The first kappa shape index (κ1) is 21.1. The molecule has 1 aliphatic heterocycles. The van der Waals surface area contributed by atoms with E-state index in [0.717, 1.165) is 35.1 Å². The van der Waals surface area contributed by atoms with Gasteiger partial charge in [-0.3, -0.25) is 14.8 Å². The van der Waals surface area contributed by atoms with Gasteiger partial charge in [-0.15, -0.1) is 24.8 Å². The highest BCUT2D eigenvalue weighted by Crippen LogP contribution is 2.24. The minimum Gasteiger partial charge on any atom is -0.333 e. The largest absolute Gasteiger partial charge is 0.333 e. The molecule has 1 saturated heterocycles. The third kappa shape index (κ3) is 4.56. The third-order valence-corrected chi connectivity index (χ3v) is 4.69. The van der Waals surface area contributed by atoms with E-state index in [1.807, 2.05) is 53.6 Å². The number of hydrogen-bond donors (Lipinski definition) is 1. The lowest BCUT2D eigenvalue weighted by Crippen LogP contribution is -2.49. The molecule has 27 heavy (non-hydrogen) atoms. The van der Waals surface area contributed by atoms with Crippen LogP contribution in [0.25, 0.3) is 10.9 Å². The van der Waals surface area contributed by atoms with Crippen LogP contribution in [-0.2, 0) is 11.2 Å². The van der Waals surface area contributed by atoms with Crippen LogP contribution in [0.2, 0.25) is 0 Å². The standard InChI is InChI=1S/C20H20N4O.2ClH/c25-19(12-16-5-1-4-15-6-3-9-23-20(15)16)24-11-10-22-14-18(24)17-7-2-8-21-13-17;;/h1-9,13,18,22H,10-12,14H2;2*1H. The second kappa shape index (κ2) is 9.65. The summed E-state index contributed by atoms with van der Waals surface area (Å²) in [6.45, 7) is 2.28. The van der Waals surface area contributed by atoms with Crippen molar-refractivity contribution in [1.29, 1.82) is 0 Å². The number of nitrogens with one attached hydrogen (secondary N) is 1. The van der Waals surface area contributed by atoms with Crippen LogP contribution < -0.4 is 5.32 Å². The number of benzene rings is 1. The fourth-order valence-corrected chi connectivity index (χ4v) is 3.45. The van der Waals surface area contributed by atoms with E-state index >= 15 is 0 Å². The SMILES string of the molecule is Cl.Cl.O=C(Cc1cccc2cccnc12)N1CCNCC1c1cccnc1. The predicted octanol–water partition coefficient (Wildman–Crippen LogP) is 3.19. The Balaban J connectivity index is 0.00000131. The highest BCUT2D eigenvalue weighted by atomic mass is 35.5. The van der Waals surface area contributed by atoms with Crippen LogP contribution in [0.4, 0.5) is 0 Å². The summed E-state index contributed by atoms with van der Waals surface area (Å²) in [6, 6.07) is 13.9. The van der Waals surface area contributed by atoms with E-state index in [1.165, 1.54) is 0 Å². The number of rotatable bonds is 3. The number of nitrogens with zero attached hydrogens (tertiary/aromatic N) is 3. The molecule has 1 fully saturated rings. The molecule has 1 aromatic carbocycles. The number of pyridine rings is 2. The van der Waals surface area contributed by atoms with Crippen molar-refractivity contribution in [1.82, 2.24) is 20.2 Å². The van der Waals surface area contributed by atoms with Gasteiger partial charge in [0, 0.05) is 43.6 Å². The zero-order valence-corrected chi connectivity index (χ0v) is 16.4. The maximum Gasteiger partial charge on any atom is 0.227 e. The van der Waals surface area contributed by atoms with Crippen LogP contribution in [-0.4, -0.2) is 40.4 Å². The molecular weight excluding hydrogens is 383 g/mol. The van der Waals surface area contributed by atoms with Crippen LogP contribution in [0.15, 0.2) is 61.1 Å². The highest BCUT2D eigenvalue weighted by molar-refractivity contribution is 5.88. The monoisotopic (exact) mass is 404 g/mol. The van der Waals surface area contributed by atoms with Crippen LogP contribution >= 0.6 is 24.8 Å². The maximum atomic E-state index is 13.0. The fraction of sp³-hybridized carbons (Fsp3) is 0.250. The van der Waals surface area contributed by atoms with E-state index in [-0.39, 0.29) is 36.8 Å². The van der Waals surface area contributed by atoms with E-state index in [1.54, 1.807) is 12.4 Å².